The van der Waals surface area contributed by atoms with Crippen LogP contribution in [0.5, 0.6) is 0 Å². The lowest BCUT2D eigenvalue weighted by molar-refractivity contribution is -0.385. The summed E-state index contributed by atoms with van der Waals surface area (Å²) in [6.07, 6.45) is 4.59. The van der Waals surface area contributed by atoms with Crippen molar-refractivity contribution in [1.82, 2.24) is 24.5 Å². The van der Waals surface area contributed by atoms with Crippen LogP contribution in [0.4, 0.5) is 5.69 Å². The van der Waals surface area contributed by atoms with Gasteiger partial charge in [-0.2, -0.15) is 10.2 Å². The smallest absolute Gasteiger partial charge is 0.307 e. The van der Waals surface area contributed by atoms with Gasteiger partial charge in [0.05, 0.1) is 17.2 Å². The molecule has 0 saturated heterocycles. The standard InChI is InChI=1S/C13H18N6O3/c1-4-12(18-9-11(7-15-18)19(21)22)13(20)16(2)8-10-5-6-14-17(10)3/h5-7,9,12H,4,8H2,1-3H3. The molecular weight excluding hydrogens is 288 g/mol. The van der Waals surface area contributed by atoms with Crippen molar-refractivity contribution in [2.75, 3.05) is 7.05 Å². The van der Waals surface area contributed by atoms with Crippen LogP contribution in [-0.2, 0) is 18.4 Å². The van der Waals surface area contributed by atoms with Gasteiger partial charge in [0.25, 0.3) is 0 Å². The molecule has 9 nitrogen and oxygen atoms in total. The van der Waals surface area contributed by atoms with E-state index < -0.39 is 11.0 Å². The van der Waals surface area contributed by atoms with Gasteiger partial charge in [-0.25, -0.2) is 0 Å². The van der Waals surface area contributed by atoms with Crippen LogP contribution in [0.25, 0.3) is 0 Å². The molecule has 2 heterocycles. The zero-order valence-electron chi connectivity index (χ0n) is 12.7. The predicted molar refractivity (Wildman–Crippen MR) is 77.9 cm³/mol. The average Bonchev–Trinajstić information content (AvgIpc) is 3.10. The number of rotatable bonds is 6. The molecule has 2 aromatic rings. The minimum Gasteiger partial charge on any atom is -0.338 e. The first-order valence-corrected chi connectivity index (χ1v) is 6.84. The number of amides is 1. The van der Waals surface area contributed by atoms with Gasteiger partial charge in [-0.05, 0) is 12.5 Å². The number of carbonyl (C=O) groups excluding carboxylic acids is 1. The van der Waals surface area contributed by atoms with Crippen LogP contribution in [0, 0.1) is 10.1 Å². The van der Waals surface area contributed by atoms with E-state index >= 15 is 0 Å². The molecule has 9 heteroatoms. The van der Waals surface area contributed by atoms with Crippen LogP contribution in [0.1, 0.15) is 25.1 Å². The summed E-state index contributed by atoms with van der Waals surface area (Å²) < 4.78 is 3.05. The van der Waals surface area contributed by atoms with Gasteiger partial charge in [-0.3, -0.25) is 24.3 Å². The highest BCUT2D eigenvalue weighted by Gasteiger charge is 2.25. The van der Waals surface area contributed by atoms with E-state index in [1.54, 1.807) is 22.8 Å². The Morgan fingerprint density at radius 3 is 2.73 bits per heavy atom. The van der Waals surface area contributed by atoms with Gasteiger partial charge in [0.1, 0.15) is 18.4 Å². The molecule has 0 aliphatic rings. The largest absolute Gasteiger partial charge is 0.338 e. The second-order valence-corrected chi connectivity index (χ2v) is 5.00. The number of nitrogens with zero attached hydrogens (tertiary/aromatic N) is 6. The van der Waals surface area contributed by atoms with Crippen LogP contribution in [0.15, 0.2) is 24.7 Å². The molecule has 0 saturated carbocycles. The first kappa shape index (κ1) is 15.7. The predicted octanol–water partition coefficient (Wildman–Crippen LogP) is 1.13. The van der Waals surface area contributed by atoms with Gasteiger partial charge >= 0.3 is 5.69 Å². The summed E-state index contributed by atoms with van der Waals surface area (Å²) in [6, 6.07) is 1.27. The van der Waals surface area contributed by atoms with Crippen LogP contribution in [-0.4, -0.2) is 42.3 Å². The van der Waals surface area contributed by atoms with Crippen molar-refractivity contribution in [2.24, 2.45) is 7.05 Å². The lowest BCUT2D eigenvalue weighted by Gasteiger charge is -2.23. The molecule has 1 unspecified atom stereocenters. The average molecular weight is 306 g/mol. The maximum Gasteiger partial charge on any atom is 0.307 e. The summed E-state index contributed by atoms with van der Waals surface area (Å²) >= 11 is 0. The van der Waals surface area contributed by atoms with Crippen molar-refractivity contribution >= 4 is 11.6 Å². The molecule has 22 heavy (non-hydrogen) atoms. The summed E-state index contributed by atoms with van der Waals surface area (Å²) in [6.45, 7) is 2.25. The van der Waals surface area contributed by atoms with E-state index in [1.165, 1.54) is 10.9 Å². The van der Waals surface area contributed by atoms with E-state index in [1.807, 2.05) is 20.0 Å². The number of aryl methyl sites for hydroxylation is 1. The number of carbonyl (C=O) groups is 1. The summed E-state index contributed by atoms with van der Waals surface area (Å²) in [5.41, 5.74) is 0.776. The van der Waals surface area contributed by atoms with E-state index in [0.717, 1.165) is 11.9 Å². The van der Waals surface area contributed by atoms with Crippen LogP contribution in [0.2, 0.25) is 0 Å². The molecule has 2 rings (SSSR count). The Bertz CT molecular complexity index is 677. The van der Waals surface area contributed by atoms with Gasteiger partial charge < -0.3 is 4.90 Å². The van der Waals surface area contributed by atoms with Crippen LogP contribution in [0.3, 0.4) is 0 Å². The molecule has 2 aromatic heterocycles. The van der Waals surface area contributed by atoms with Gasteiger partial charge in [0.15, 0.2) is 0 Å². The third-order valence-electron chi connectivity index (χ3n) is 3.49. The van der Waals surface area contributed by atoms with Crippen molar-refractivity contribution in [1.29, 1.82) is 0 Å². The fourth-order valence-electron chi connectivity index (χ4n) is 2.20. The second-order valence-electron chi connectivity index (χ2n) is 5.00. The quantitative estimate of drug-likeness (QED) is 0.588. The first-order chi connectivity index (χ1) is 10.4. The third-order valence-corrected chi connectivity index (χ3v) is 3.49. The molecule has 0 fully saturated rings. The first-order valence-electron chi connectivity index (χ1n) is 6.84. The molecule has 0 bridgehead atoms. The Balaban J connectivity index is 2.13. The van der Waals surface area contributed by atoms with Crippen molar-refractivity contribution in [2.45, 2.75) is 25.9 Å². The lowest BCUT2D eigenvalue weighted by atomic mass is 10.2. The molecule has 0 N–H and O–H groups in total. The number of likely N-dealkylation sites (N-methyl/N-ethyl adjacent to an activating group) is 1. The Morgan fingerprint density at radius 1 is 1.50 bits per heavy atom. The van der Waals surface area contributed by atoms with E-state index in [9.17, 15) is 14.9 Å². The van der Waals surface area contributed by atoms with Crippen molar-refractivity contribution in [3.63, 3.8) is 0 Å². The molecule has 0 aliphatic carbocycles. The van der Waals surface area contributed by atoms with Crippen molar-refractivity contribution in [3.8, 4) is 0 Å². The van der Waals surface area contributed by atoms with Gasteiger partial charge in [0, 0.05) is 20.3 Å². The van der Waals surface area contributed by atoms with Gasteiger partial charge in [0.2, 0.25) is 5.91 Å². The number of hydrogen-bond acceptors (Lipinski definition) is 5. The minimum atomic E-state index is -0.563. The zero-order valence-corrected chi connectivity index (χ0v) is 12.7. The van der Waals surface area contributed by atoms with Gasteiger partial charge in [-0.15, -0.1) is 0 Å². The second kappa shape index (κ2) is 6.37. The molecule has 1 amide bonds. The van der Waals surface area contributed by atoms with E-state index in [-0.39, 0.29) is 11.6 Å². The summed E-state index contributed by atoms with van der Waals surface area (Å²) in [7, 11) is 3.50. The maximum absolute atomic E-state index is 12.6. The number of nitro groups is 1. The Hall–Kier alpha value is -2.71. The normalized spacial score (nSPS) is 12.1. The monoisotopic (exact) mass is 306 g/mol. The van der Waals surface area contributed by atoms with E-state index in [2.05, 4.69) is 10.2 Å². The minimum absolute atomic E-state index is 0.125. The number of hydrogen-bond donors (Lipinski definition) is 0. The molecule has 118 valence electrons. The Labute approximate surface area is 127 Å². The third kappa shape index (κ3) is 3.13. The van der Waals surface area contributed by atoms with E-state index in [4.69, 9.17) is 0 Å². The summed E-state index contributed by atoms with van der Waals surface area (Å²) in [5.74, 6) is -0.151. The summed E-state index contributed by atoms with van der Waals surface area (Å²) in [5, 5.41) is 18.7. The fourth-order valence-corrected chi connectivity index (χ4v) is 2.20. The highest BCUT2D eigenvalue weighted by molar-refractivity contribution is 5.80. The van der Waals surface area contributed by atoms with Crippen LogP contribution >= 0.6 is 0 Å². The zero-order chi connectivity index (χ0) is 16.3. The van der Waals surface area contributed by atoms with Crippen molar-refractivity contribution < 1.29 is 9.72 Å². The molecule has 0 aliphatic heterocycles. The van der Waals surface area contributed by atoms with Crippen molar-refractivity contribution in [3.05, 3.63) is 40.5 Å². The lowest BCUT2D eigenvalue weighted by Crippen LogP contribution is -2.34. The SMILES string of the molecule is CCC(C(=O)N(C)Cc1ccnn1C)n1cc([N+](=O)[O-])cn1. The molecule has 0 aromatic carbocycles. The van der Waals surface area contributed by atoms with Crippen LogP contribution < -0.4 is 0 Å². The van der Waals surface area contributed by atoms with E-state index in [0.29, 0.717) is 13.0 Å². The Morgan fingerprint density at radius 2 is 2.23 bits per heavy atom. The Kier molecular flexibility index (Phi) is 4.54. The molecular formula is C13H18N6O3. The highest BCUT2D eigenvalue weighted by atomic mass is 16.6. The molecule has 0 radical (unpaired) electrons. The molecule has 0 spiro atoms. The fraction of sp³-hybridized carbons (Fsp3) is 0.462. The number of aromatic nitrogens is 4. The highest BCUT2D eigenvalue weighted by Crippen LogP contribution is 2.18. The van der Waals surface area contributed by atoms with Gasteiger partial charge in [-0.1, -0.05) is 6.92 Å². The maximum atomic E-state index is 12.6. The molecule has 1 atom stereocenters. The summed E-state index contributed by atoms with van der Waals surface area (Å²) in [4.78, 5) is 24.3. The topological polar surface area (TPSA) is 99.1 Å².